The summed E-state index contributed by atoms with van der Waals surface area (Å²) in [4.78, 5) is 16.7. The fourth-order valence-electron chi connectivity index (χ4n) is 2.48. The van der Waals surface area contributed by atoms with Gasteiger partial charge in [0.2, 0.25) is 5.91 Å². The van der Waals surface area contributed by atoms with Crippen molar-refractivity contribution in [3.63, 3.8) is 0 Å². The van der Waals surface area contributed by atoms with E-state index in [-0.39, 0.29) is 5.91 Å². The number of aromatic nitrogens is 1. The molecule has 0 bridgehead atoms. The zero-order valence-corrected chi connectivity index (χ0v) is 15.3. The van der Waals surface area contributed by atoms with Crippen LogP contribution >= 0.6 is 11.6 Å². The molecule has 2 N–H and O–H groups in total. The maximum Gasteiger partial charge on any atom is 0.248 e. The van der Waals surface area contributed by atoms with Crippen molar-refractivity contribution in [1.29, 1.82) is 0 Å². The molecule has 0 aliphatic carbocycles. The lowest BCUT2D eigenvalue weighted by Crippen LogP contribution is -2.07. The van der Waals surface area contributed by atoms with E-state index in [0.717, 1.165) is 40.9 Å². The first-order valence-electron chi connectivity index (χ1n) is 8.53. The molecule has 26 heavy (non-hydrogen) atoms. The maximum absolute atomic E-state index is 12.1. The van der Waals surface area contributed by atoms with Crippen LogP contribution in [0.4, 0.5) is 11.5 Å². The summed E-state index contributed by atoms with van der Waals surface area (Å²) in [6.07, 6.45) is 4.30. The predicted molar refractivity (Wildman–Crippen MR) is 110 cm³/mol. The van der Waals surface area contributed by atoms with Crippen molar-refractivity contribution < 1.29 is 4.79 Å². The largest absolute Gasteiger partial charge is 0.370 e. The molecule has 4 nitrogen and oxygen atoms in total. The molecule has 132 valence electrons. The zero-order chi connectivity index (χ0) is 18.4. The van der Waals surface area contributed by atoms with Crippen molar-refractivity contribution >= 4 is 46.0 Å². The van der Waals surface area contributed by atoms with Crippen LogP contribution in [0, 0.1) is 0 Å². The summed E-state index contributed by atoms with van der Waals surface area (Å²) in [5.74, 6) is 0.676. The fourth-order valence-corrected chi connectivity index (χ4v) is 2.61. The van der Waals surface area contributed by atoms with Crippen LogP contribution in [0.25, 0.3) is 17.0 Å². The van der Waals surface area contributed by atoms with E-state index in [1.807, 2.05) is 42.5 Å². The number of hydrogen-bond donors (Lipinski definition) is 2. The Morgan fingerprint density at radius 3 is 2.69 bits per heavy atom. The molecule has 0 saturated carbocycles. The summed E-state index contributed by atoms with van der Waals surface area (Å²) in [6, 6.07) is 16.9. The Labute approximate surface area is 157 Å². The number of hydrogen-bond acceptors (Lipinski definition) is 3. The number of carbonyl (C=O) groups is 1. The van der Waals surface area contributed by atoms with Crippen LogP contribution < -0.4 is 10.6 Å². The smallest absolute Gasteiger partial charge is 0.248 e. The third-order valence-corrected chi connectivity index (χ3v) is 4.06. The third kappa shape index (κ3) is 4.83. The number of nitrogens with zero attached hydrogens (tertiary/aromatic N) is 1. The van der Waals surface area contributed by atoms with Crippen molar-refractivity contribution in [2.24, 2.45) is 0 Å². The number of nitrogens with one attached hydrogen (secondary N) is 2. The highest BCUT2D eigenvalue weighted by Gasteiger charge is 2.02. The van der Waals surface area contributed by atoms with Gasteiger partial charge < -0.3 is 10.6 Å². The molecule has 1 amide bonds. The molecule has 2 aromatic carbocycles. The predicted octanol–water partition coefficient (Wildman–Crippen LogP) is 5.36. The van der Waals surface area contributed by atoms with Crippen molar-refractivity contribution in [1.82, 2.24) is 4.98 Å². The minimum absolute atomic E-state index is 0.187. The van der Waals surface area contributed by atoms with Crippen molar-refractivity contribution in [2.75, 3.05) is 17.2 Å². The summed E-state index contributed by atoms with van der Waals surface area (Å²) < 4.78 is 0. The Kier molecular flexibility index (Phi) is 5.87. The number of rotatable bonds is 6. The molecular weight excluding hydrogens is 346 g/mol. The van der Waals surface area contributed by atoms with Gasteiger partial charge in [0.1, 0.15) is 5.82 Å². The average Bonchev–Trinajstić information content (AvgIpc) is 2.66. The van der Waals surface area contributed by atoms with Gasteiger partial charge in [-0.05, 0) is 60.5 Å². The quantitative estimate of drug-likeness (QED) is 0.578. The number of benzene rings is 2. The molecule has 5 heteroatoms. The van der Waals surface area contributed by atoms with Crippen molar-refractivity contribution in [2.45, 2.75) is 13.3 Å². The maximum atomic E-state index is 12.1. The summed E-state index contributed by atoms with van der Waals surface area (Å²) in [6.45, 7) is 3.01. The fraction of sp³-hybridized carbons (Fsp3) is 0.143. The SMILES string of the molecule is CCCNc1ccc2cc(NC(=O)/C=C/c3ccc(Cl)cc3)ccc2n1. The van der Waals surface area contributed by atoms with E-state index in [1.165, 1.54) is 6.08 Å². The van der Waals surface area contributed by atoms with Gasteiger partial charge in [-0.2, -0.15) is 0 Å². The van der Waals surface area contributed by atoms with Crippen molar-refractivity contribution in [3.05, 3.63) is 71.3 Å². The zero-order valence-electron chi connectivity index (χ0n) is 14.5. The Hall–Kier alpha value is -2.85. The van der Waals surface area contributed by atoms with Gasteiger partial charge in [-0.15, -0.1) is 0 Å². The van der Waals surface area contributed by atoms with Gasteiger partial charge in [0.05, 0.1) is 5.52 Å². The van der Waals surface area contributed by atoms with E-state index in [2.05, 4.69) is 22.5 Å². The van der Waals surface area contributed by atoms with E-state index < -0.39 is 0 Å². The van der Waals surface area contributed by atoms with Gasteiger partial charge in [-0.1, -0.05) is 30.7 Å². The first-order valence-corrected chi connectivity index (χ1v) is 8.91. The summed E-state index contributed by atoms with van der Waals surface area (Å²) in [7, 11) is 0. The van der Waals surface area contributed by atoms with Crippen LogP contribution in [0.15, 0.2) is 60.7 Å². The molecule has 0 atom stereocenters. The second-order valence-electron chi connectivity index (χ2n) is 5.90. The Morgan fingerprint density at radius 2 is 1.92 bits per heavy atom. The Morgan fingerprint density at radius 1 is 1.12 bits per heavy atom. The van der Waals surface area contributed by atoms with Gasteiger partial charge in [-0.3, -0.25) is 4.79 Å². The Balaban J connectivity index is 1.68. The lowest BCUT2D eigenvalue weighted by molar-refractivity contribution is -0.111. The number of fused-ring (bicyclic) bond motifs is 1. The van der Waals surface area contributed by atoms with Crippen molar-refractivity contribution in [3.8, 4) is 0 Å². The average molecular weight is 366 g/mol. The molecule has 0 spiro atoms. The normalized spacial score (nSPS) is 11.0. The molecule has 0 unspecified atom stereocenters. The van der Waals surface area contributed by atoms with E-state index >= 15 is 0 Å². The minimum Gasteiger partial charge on any atom is -0.370 e. The van der Waals surface area contributed by atoms with Gasteiger partial charge in [0, 0.05) is 28.7 Å². The molecule has 0 aliphatic rings. The van der Waals surface area contributed by atoms with Gasteiger partial charge in [0.15, 0.2) is 0 Å². The van der Waals surface area contributed by atoms with Crippen LogP contribution in [-0.2, 0) is 4.79 Å². The first-order chi connectivity index (χ1) is 12.6. The second-order valence-corrected chi connectivity index (χ2v) is 6.34. The lowest BCUT2D eigenvalue weighted by Gasteiger charge is -2.07. The van der Waals surface area contributed by atoms with Crippen LogP contribution in [-0.4, -0.2) is 17.4 Å². The molecule has 0 radical (unpaired) electrons. The summed E-state index contributed by atoms with van der Waals surface area (Å²) in [5, 5.41) is 7.79. The molecular formula is C21H20ClN3O. The number of anilines is 2. The number of amides is 1. The van der Waals surface area contributed by atoms with E-state index in [1.54, 1.807) is 18.2 Å². The minimum atomic E-state index is -0.187. The van der Waals surface area contributed by atoms with E-state index in [4.69, 9.17) is 11.6 Å². The summed E-state index contributed by atoms with van der Waals surface area (Å²) >= 11 is 5.85. The van der Waals surface area contributed by atoms with E-state index in [9.17, 15) is 4.79 Å². The molecule has 3 rings (SSSR count). The van der Waals surface area contributed by atoms with Gasteiger partial charge >= 0.3 is 0 Å². The third-order valence-electron chi connectivity index (χ3n) is 3.81. The Bertz CT molecular complexity index is 936. The number of pyridine rings is 1. The highest BCUT2D eigenvalue weighted by Crippen LogP contribution is 2.20. The second kappa shape index (κ2) is 8.50. The topological polar surface area (TPSA) is 54.0 Å². The number of halogens is 1. The highest BCUT2D eigenvalue weighted by molar-refractivity contribution is 6.30. The lowest BCUT2D eigenvalue weighted by atomic mass is 10.2. The molecule has 0 saturated heterocycles. The monoisotopic (exact) mass is 365 g/mol. The van der Waals surface area contributed by atoms with Crippen LogP contribution in [0.1, 0.15) is 18.9 Å². The molecule has 0 fully saturated rings. The molecule has 0 aliphatic heterocycles. The highest BCUT2D eigenvalue weighted by atomic mass is 35.5. The molecule has 1 heterocycles. The van der Waals surface area contributed by atoms with Gasteiger partial charge in [0.25, 0.3) is 0 Å². The first kappa shape index (κ1) is 18.0. The number of carbonyl (C=O) groups excluding carboxylic acids is 1. The van der Waals surface area contributed by atoms with Crippen LogP contribution in [0.3, 0.4) is 0 Å². The summed E-state index contributed by atoms with van der Waals surface area (Å²) in [5.41, 5.74) is 2.54. The van der Waals surface area contributed by atoms with Crippen LogP contribution in [0.5, 0.6) is 0 Å². The molecule has 3 aromatic rings. The standard InChI is InChI=1S/C21H20ClN3O/c1-2-13-23-20-11-6-16-14-18(9-10-19(16)25-20)24-21(26)12-5-15-3-7-17(22)8-4-15/h3-12,14H,2,13H2,1H3,(H,23,25)(H,24,26)/b12-5+. The molecule has 1 aromatic heterocycles. The van der Waals surface area contributed by atoms with E-state index in [0.29, 0.717) is 5.02 Å². The van der Waals surface area contributed by atoms with Gasteiger partial charge in [-0.25, -0.2) is 4.98 Å². The van der Waals surface area contributed by atoms with Crippen LogP contribution in [0.2, 0.25) is 5.02 Å².